The van der Waals surface area contributed by atoms with Crippen molar-refractivity contribution in [1.29, 1.82) is 0 Å². The van der Waals surface area contributed by atoms with Crippen molar-refractivity contribution in [3.63, 3.8) is 0 Å². The van der Waals surface area contributed by atoms with Gasteiger partial charge in [-0.1, -0.05) is 13.8 Å². The Balaban J connectivity index is 1.79. The summed E-state index contributed by atoms with van der Waals surface area (Å²) in [6.07, 6.45) is 2.67. The summed E-state index contributed by atoms with van der Waals surface area (Å²) < 4.78 is 3.58. The van der Waals surface area contributed by atoms with Gasteiger partial charge in [-0.2, -0.15) is 10.2 Å². The second kappa shape index (κ2) is 6.76. The van der Waals surface area contributed by atoms with Crippen molar-refractivity contribution in [2.75, 3.05) is 6.61 Å². The summed E-state index contributed by atoms with van der Waals surface area (Å²) >= 11 is 0. The van der Waals surface area contributed by atoms with Crippen molar-refractivity contribution in [3.8, 4) is 0 Å². The molecular weight excluding hydrogens is 306 g/mol. The summed E-state index contributed by atoms with van der Waals surface area (Å²) in [5.41, 5.74) is 3.70. The summed E-state index contributed by atoms with van der Waals surface area (Å²) in [4.78, 5) is 14.8. The van der Waals surface area contributed by atoms with Crippen molar-refractivity contribution in [2.45, 2.75) is 53.4 Å². The van der Waals surface area contributed by atoms with Crippen LogP contribution in [0, 0.1) is 5.92 Å². The molecule has 0 saturated carbocycles. The van der Waals surface area contributed by atoms with E-state index >= 15 is 0 Å². The standard InChI is InChI=1S/C17H25N5O2/c1-4-21-15(8-14(19-21)7-12(2)3)17(24)20-10-13-9-18-22(5-6-23)16(13)11-20/h8-9,12,23H,4-7,10-11H2,1-3H3. The minimum absolute atomic E-state index is 0.00565. The van der Waals surface area contributed by atoms with Gasteiger partial charge in [0.1, 0.15) is 5.69 Å². The third-order valence-electron chi connectivity index (χ3n) is 4.30. The lowest BCUT2D eigenvalue weighted by atomic mass is 10.1. The molecule has 3 rings (SSSR count). The lowest BCUT2D eigenvalue weighted by molar-refractivity contribution is 0.0735. The van der Waals surface area contributed by atoms with Crippen molar-refractivity contribution in [1.82, 2.24) is 24.5 Å². The van der Waals surface area contributed by atoms with E-state index in [2.05, 4.69) is 24.0 Å². The van der Waals surface area contributed by atoms with Gasteiger partial charge in [0.15, 0.2) is 0 Å². The highest BCUT2D eigenvalue weighted by atomic mass is 16.3. The molecule has 24 heavy (non-hydrogen) atoms. The van der Waals surface area contributed by atoms with Crippen LogP contribution in [-0.4, -0.2) is 42.1 Å². The summed E-state index contributed by atoms with van der Waals surface area (Å²) in [6, 6.07) is 1.93. The first-order valence-corrected chi connectivity index (χ1v) is 8.53. The molecule has 1 aliphatic rings. The van der Waals surface area contributed by atoms with E-state index in [1.807, 2.05) is 17.9 Å². The summed E-state index contributed by atoms with van der Waals surface area (Å²) in [6.45, 7) is 8.58. The predicted molar refractivity (Wildman–Crippen MR) is 89.3 cm³/mol. The molecule has 0 unspecified atom stereocenters. The highest BCUT2D eigenvalue weighted by Crippen LogP contribution is 2.24. The molecule has 0 spiro atoms. The molecule has 130 valence electrons. The van der Waals surface area contributed by atoms with E-state index < -0.39 is 0 Å². The number of hydrogen-bond donors (Lipinski definition) is 1. The SMILES string of the molecule is CCn1nc(CC(C)C)cc1C(=O)N1Cc2cnn(CCO)c2C1. The maximum atomic E-state index is 12.9. The fourth-order valence-electron chi connectivity index (χ4n) is 3.20. The Morgan fingerprint density at radius 1 is 1.33 bits per heavy atom. The van der Waals surface area contributed by atoms with E-state index in [0.29, 0.717) is 37.8 Å². The van der Waals surface area contributed by atoms with Gasteiger partial charge in [-0.05, 0) is 25.3 Å². The Kier molecular flexibility index (Phi) is 4.71. The largest absolute Gasteiger partial charge is 0.394 e. The van der Waals surface area contributed by atoms with Gasteiger partial charge in [0.2, 0.25) is 0 Å². The zero-order valence-electron chi connectivity index (χ0n) is 14.6. The van der Waals surface area contributed by atoms with Gasteiger partial charge in [-0.15, -0.1) is 0 Å². The Morgan fingerprint density at radius 2 is 2.12 bits per heavy atom. The van der Waals surface area contributed by atoms with Crippen LogP contribution in [0.3, 0.4) is 0 Å². The molecule has 0 bridgehead atoms. The number of aryl methyl sites for hydroxylation is 1. The highest BCUT2D eigenvalue weighted by Gasteiger charge is 2.29. The predicted octanol–water partition coefficient (Wildman–Crippen LogP) is 1.45. The average Bonchev–Trinajstić information content (AvgIpc) is 3.21. The molecule has 3 heterocycles. The monoisotopic (exact) mass is 331 g/mol. The van der Waals surface area contributed by atoms with Crippen LogP contribution in [0.25, 0.3) is 0 Å². The van der Waals surface area contributed by atoms with E-state index in [1.165, 1.54) is 0 Å². The summed E-state index contributed by atoms with van der Waals surface area (Å²) in [5.74, 6) is 0.514. The van der Waals surface area contributed by atoms with Gasteiger partial charge in [0.05, 0.1) is 37.3 Å². The van der Waals surface area contributed by atoms with Gasteiger partial charge < -0.3 is 10.0 Å². The van der Waals surface area contributed by atoms with Gasteiger partial charge in [-0.25, -0.2) is 0 Å². The molecule has 2 aromatic heterocycles. The number of aromatic nitrogens is 4. The van der Waals surface area contributed by atoms with E-state index in [1.54, 1.807) is 15.6 Å². The van der Waals surface area contributed by atoms with Crippen molar-refractivity contribution < 1.29 is 9.90 Å². The second-order valence-electron chi connectivity index (χ2n) is 6.66. The number of carbonyl (C=O) groups is 1. The van der Waals surface area contributed by atoms with E-state index in [9.17, 15) is 4.79 Å². The minimum atomic E-state index is 0.00565. The molecule has 7 heteroatoms. The van der Waals surface area contributed by atoms with Gasteiger partial charge >= 0.3 is 0 Å². The van der Waals surface area contributed by atoms with Crippen LogP contribution < -0.4 is 0 Å². The Bertz CT molecular complexity index is 731. The van der Waals surface area contributed by atoms with Gasteiger partial charge in [-0.3, -0.25) is 14.2 Å². The van der Waals surface area contributed by atoms with Gasteiger partial charge in [0, 0.05) is 18.7 Å². The van der Waals surface area contributed by atoms with Crippen molar-refractivity contribution >= 4 is 5.91 Å². The van der Waals surface area contributed by atoms with E-state index in [0.717, 1.165) is 23.4 Å². The molecule has 2 aromatic rings. The number of fused-ring (bicyclic) bond motifs is 1. The van der Waals surface area contributed by atoms with Crippen molar-refractivity contribution in [3.05, 3.63) is 34.9 Å². The molecule has 0 radical (unpaired) electrons. The Morgan fingerprint density at radius 3 is 2.79 bits per heavy atom. The average molecular weight is 331 g/mol. The van der Waals surface area contributed by atoms with E-state index in [-0.39, 0.29) is 12.5 Å². The summed E-state index contributed by atoms with van der Waals surface area (Å²) in [7, 11) is 0. The maximum absolute atomic E-state index is 12.9. The highest BCUT2D eigenvalue weighted by molar-refractivity contribution is 5.93. The number of nitrogens with zero attached hydrogens (tertiary/aromatic N) is 5. The zero-order valence-corrected chi connectivity index (χ0v) is 14.6. The lowest BCUT2D eigenvalue weighted by Crippen LogP contribution is -2.28. The quantitative estimate of drug-likeness (QED) is 0.869. The fraction of sp³-hybridized carbons (Fsp3) is 0.588. The Labute approximate surface area is 141 Å². The zero-order chi connectivity index (χ0) is 17.3. The van der Waals surface area contributed by atoms with Crippen LogP contribution in [0.4, 0.5) is 0 Å². The third kappa shape index (κ3) is 3.08. The maximum Gasteiger partial charge on any atom is 0.272 e. The number of carbonyl (C=O) groups excluding carboxylic acids is 1. The minimum Gasteiger partial charge on any atom is -0.394 e. The number of rotatable bonds is 6. The molecular formula is C17H25N5O2. The molecule has 0 atom stereocenters. The molecule has 1 N–H and O–H groups in total. The van der Waals surface area contributed by atoms with Crippen molar-refractivity contribution in [2.24, 2.45) is 5.92 Å². The molecule has 0 aromatic carbocycles. The number of amides is 1. The number of hydrogen-bond acceptors (Lipinski definition) is 4. The van der Waals surface area contributed by atoms with Crippen LogP contribution >= 0.6 is 0 Å². The molecule has 1 aliphatic heterocycles. The van der Waals surface area contributed by atoms with Gasteiger partial charge in [0.25, 0.3) is 5.91 Å². The van der Waals surface area contributed by atoms with Crippen LogP contribution in [-0.2, 0) is 32.6 Å². The molecule has 0 aliphatic carbocycles. The first-order chi connectivity index (χ1) is 11.5. The third-order valence-corrected chi connectivity index (χ3v) is 4.30. The van der Waals surface area contributed by atoms with E-state index in [4.69, 9.17) is 5.11 Å². The smallest absolute Gasteiger partial charge is 0.272 e. The molecule has 0 fully saturated rings. The van der Waals surface area contributed by atoms with Crippen LogP contribution in [0.15, 0.2) is 12.3 Å². The fourth-order valence-corrected chi connectivity index (χ4v) is 3.20. The molecule has 1 amide bonds. The lowest BCUT2D eigenvalue weighted by Gasteiger charge is -2.16. The van der Waals surface area contributed by atoms with Crippen LogP contribution in [0.1, 0.15) is 48.2 Å². The topological polar surface area (TPSA) is 76.2 Å². The first-order valence-electron chi connectivity index (χ1n) is 8.53. The van der Waals surface area contributed by atoms with Crippen LogP contribution in [0.2, 0.25) is 0 Å². The summed E-state index contributed by atoms with van der Waals surface area (Å²) in [5, 5.41) is 17.9. The molecule has 0 saturated heterocycles. The first kappa shape index (κ1) is 16.7. The number of aliphatic hydroxyl groups excluding tert-OH is 1. The number of aliphatic hydroxyl groups is 1. The van der Waals surface area contributed by atoms with Crippen LogP contribution in [0.5, 0.6) is 0 Å². The Hall–Kier alpha value is -2.15. The molecule has 7 nitrogen and oxygen atoms in total. The second-order valence-corrected chi connectivity index (χ2v) is 6.66. The normalized spacial score (nSPS) is 13.8.